The SMILES string of the molecule is COC(=O)c1cc(O)ccc1NC(=O)c1cc(O)ccc1O[C@@H]1O[C@H](CO)[C@@H](O)[C@H](O)[C@H]1O. The summed E-state index contributed by atoms with van der Waals surface area (Å²) in [6, 6.07) is 7.03. The van der Waals surface area contributed by atoms with E-state index in [1.807, 2.05) is 0 Å². The number of aliphatic hydroxyl groups is 4. The van der Waals surface area contributed by atoms with Crippen molar-refractivity contribution in [2.45, 2.75) is 30.7 Å². The molecule has 1 saturated heterocycles. The maximum absolute atomic E-state index is 12.9. The molecule has 0 radical (unpaired) electrons. The highest BCUT2D eigenvalue weighted by Crippen LogP contribution is 2.30. The van der Waals surface area contributed by atoms with Crippen LogP contribution in [0.1, 0.15) is 20.7 Å². The van der Waals surface area contributed by atoms with Gasteiger partial charge in [-0.15, -0.1) is 0 Å². The molecular formula is C21H23NO11. The molecule has 7 N–H and O–H groups in total. The largest absolute Gasteiger partial charge is 0.508 e. The monoisotopic (exact) mass is 465 g/mol. The number of rotatable bonds is 6. The number of phenols is 2. The second-order valence-electron chi connectivity index (χ2n) is 7.17. The van der Waals surface area contributed by atoms with Crippen LogP contribution in [0.15, 0.2) is 36.4 Å². The van der Waals surface area contributed by atoms with Crippen molar-refractivity contribution in [3.05, 3.63) is 47.5 Å². The maximum atomic E-state index is 12.9. The van der Waals surface area contributed by atoms with Crippen LogP contribution in [-0.4, -0.2) is 86.9 Å². The van der Waals surface area contributed by atoms with Crippen LogP contribution in [0.25, 0.3) is 0 Å². The molecule has 1 aliphatic rings. The third-order valence-corrected chi connectivity index (χ3v) is 4.96. The fraction of sp³-hybridized carbons (Fsp3) is 0.333. The van der Waals surface area contributed by atoms with Gasteiger partial charge in [0.15, 0.2) is 0 Å². The van der Waals surface area contributed by atoms with Crippen molar-refractivity contribution in [2.24, 2.45) is 0 Å². The first kappa shape index (κ1) is 24.2. The topological polar surface area (TPSA) is 195 Å². The highest BCUT2D eigenvalue weighted by Gasteiger charge is 2.45. The zero-order chi connectivity index (χ0) is 24.3. The number of aromatic hydroxyl groups is 2. The Morgan fingerprint density at radius 2 is 1.61 bits per heavy atom. The Morgan fingerprint density at radius 3 is 2.24 bits per heavy atom. The van der Waals surface area contributed by atoms with Gasteiger partial charge < -0.3 is 50.2 Å². The quantitative estimate of drug-likeness (QED) is 0.211. The molecule has 0 saturated carbocycles. The zero-order valence-electron chi connectivity index (χ0n) is 17.3. The van der Waals surface area contributed by atoms with E-state index in [1.54, 1.807) is 0 Å². The van der Waals surface area contributed by atoms with E-state index >= 15 is 0 Å². The number of anilines is 1. The van der Waals surface area contributed by atoms with E-state index < -0.39 is 49.2 Å². The van der Waals surface area contributed by atoms with Gasteiger partial charge in [-0.2, -0.15) is 0 Å². The lowest BCUT2D eigenvalue weighted by molar-refractivity contribution is -0.277. The Bertz CT molecular complexity index is 1030. The molecule has 33 heavy (non-hydrogen) atoms. The molecule has 2 aromatic rings. The molecule has 0 spiro atoms. The number of esters is 1. The Morgan fingerprint density at radius 1 is 0.970 bits per heavy atom. The van der Waals surface area contributed by atoms with Crippen LogP contribution in [0, 0.1) is 0 Å². The Hall–Kier alpha value is -3.42. The third kappa shape index (κ3) is 5.16. The van der Waals surface area contributed by atoms with Gasteiger partial charge in [-0.25, -0.2) is 4.79 Å². The van der Waals surface area contributed by atoms with Gasteiger partial charge in [-0.05, 0) is 36.4 Å². The van der Waals surface area contributed by atoms with E-state index in [0.29, 0.717) is 0 Å². The highest BCUT2D eigenvalue weighted by atomic mass is 16.7. The van der Waals surface area contributed by atoms with Crippen molar-refractivity contribution >= 4 is 17.6 Å². The van der Waals surface area contributed by atoms with Crippen LogP contribution in [-0.2, 0) is 9.47 Å². The van der Waals surface area contributed by atoms with Crippen molar-refractivity contribution in [1.82, 2.24) is 0 Å². The molecule has 0 unspecified atom stereocenters. The van der Waals surface area contributed by atoms with Crippen molar-refractivity contribution in [3.8, 4) is 17.2 Å². The maximum Gasteiger partial charge on any atom is 0.340 e. The van der Waals surface area contributed by atoms with Gasteiger partial charge in [0.05, 0.1) is 30.5 Å². The lowest BCUT2D eigenvalue weighted by Gasteiger charge is -2.39. The van der Waals surface area contributed by atoms with Crippen LogP contribution in [0.5, 0.6) is 17.2 Å². The molecule has 0 bridgehead atoms. The van der Waals surface area contributed by atoms with E-state index in [0.717, 1.165) is 19.2 Å². The number of phenolic OH excluding ortho intramolecular Hbond substituents is 2. The normalized spacial score (nSPS) is 24.7. The summed E-state index contributed by atoms with van der Waals surface area (Å²) in [5, 5.41) is 61.3. The number of hydrogen-bond donors (Lipinski definition) is 7. The number of carbonyl (C=O) groups excluding carboxylic acids is 2. The molecule has 0 aliphatic carbocycles. The predicted octanol–water partition coefficient (Wildman–Crippen LogP) is -0.685. The minimum atomic E-state index is -1.73. The predicted molar refractivity (Wildman–Crippen MR) is 110 cm³/mol. The van der Waals surface area contributed by atoms with E-state index in [9.17, 15) is 40.2 Å². The second-order valence-corrected chi connectivity index (χ2v) is 7.17. The summed E-state index contributed by atoms with van der Waals surface area (Å²) < 4.78 is 15.4. The number of amides is 1. The summed E-state index contributed by atoms with van der Waals surface area (Å²) in [5.74, 6) is -2.40. The van der Waals surface area contributed by atoms with Crippen molar-refractivity contribution in [1.29, 1.82) is 0 Å². The first-order valence-corrected chi connectivity index (χ1v) is 9.69. The van der Waals surface area contributed by atoms with Crippen LogP contribution in [0.2, 0.25) is 0 Å². The lowest BCUT2D eigenvalue weighted by Crippen LogP contribution is -2.60. The zero-order valence-corrected chi connectivity index (χ0v) is 17.3. The first-order valence-electron chi connectivity index (χ1n) is 9.69. The first-order chi connectivity index (χ1) is 15.7. The van der Waals surface area contributed by atoms with Gasteiger partial charge in [-0.1, -0.05) is 0 Å². The smallest absolute Gasteiger partial charge is 0.340 e. The molecule has 1 amide bonds. The van der Waals surface area contributed by atoms with Gasteiger partial charge in [0.25, 0.3) is 5.91 Å². The number of methoxy groups -OCH3 is 1. The van der Waals surface area contributed by atoms with E-state index in [-0.39, 0.29) is 34.1 Å². The van der Waals surface area contributed by atoms with E-state index in [1.165, 1.54) is 24.3 Å². The fourth-order valence-corrected chi connectivity index (χ4v) is 3.20. The molecular weight excluding hydrogens is 442 g/mol. The molecule has 3 rings (SSSR count). The van der Waals surface area contributed by atoms with Crippen LogP contribution in [0.4, 0.5) is 5.69 Å². The Balaban J connectivity index is 1.89. The van der Waals surface area contributed by atoms with Crippen molar-refractivity contribution in [3.63, 3.8) is 0 Å². The lowest BCUT2D eigenvalue weighted by atomic mass is 9.99. The number of hydrogen-bond acceptors (Lipinski definition) is 11. The number of aliphatic hydroxyl groups excluding tert-OH is 4. The minimum absolute atomic E-state index is 0.00761. The Labute approximate surface area is 187 Å². The number of ether oxygens (including phenoxy) is 3. The standard InChI is InChI=1S/C21H23NO11/c1-31-20(30)11-6-9(24)2-4-13(11)22-19(29)12-7-10(25)3-5-14(12)32-21-18(28)17(27)16(26)15(8-23)33-21/h2-7,15-18,21,23-28H,8H2,1H3,(H,22,29)/t15-,16-,17+,18-,21-/m1/s1. The minimum Gasteiger partial charge on any atom is -0.508 e. The van der Waals surface area contributed by atoms with E-state index in [2.05, 4.69) is 10.1 Å². The van der Waals surface area contributed by atoms with Crippen LogP contribution >= 0.6 is 0 Å². The molecule has 0 aromatic heterocycles. The van der Waals surface area contributed by atoms with Crippen molar-refractivity contribution in [2.75, 3.05) is 19.0 Å². The van der Waals surface area contributed by atoms with Gasteiger partial charge >= 0.3 is 5.97 Å². The molecule has 12 heteroatoms. The summed E-state index contributed by atoms with van der Waals surface area (Å²) in [5.41, 5.74) is -0.384. The number of nitrogens with one attached hydrogen (secondary N) is 1. The highest BCUT2D eigenvalue weighted by molar-refractivity contribution is 6.09. The average molecular weight is 465 g/mol. The molecule has 1 fully saturated rings. The summed E-state index contributed by atoms with van der Waals surface area (Å²) in [6.45, 7) is -0.676. The van der Waals surface area contributed by atoms with Gasteiger partial charge in [0, 0.05) is 0 Å². The molecule has 12 nitrogen and oxygen atoms in total. The summed E-state index contributed by atoms with van der Waals surface area (Å²) in [6.07, 6.45) is -7.83. The summed E-state index contributed by atoms with van der Waals surface area (Å²) >= 11 is 0. The Kier molecular flexibility index (Phi) is 7.36. The number of carbonyl (C=O) groups is 2. The number of benzene rings is 2. The van der Waals surface area contributed by atoms with Crippen molar-refractivity contribution < 1.29 is 54.4 Å². The summed E-state index contributed by atoms with van der Waals surface area (Å²) in [7, 11) is 1.12. The summed E-state index contributed by atoms with van der Waals surface area (Å²) in [4.78, 5) is 24.9. The molecule has 5 atom stereocenters. The van der Waals surface area contributed by atoms with Gasteiger partial charge in [-0.3, -0.25) is 4.79 Å². The van der Waals surface area contributed by atoms with Crippen LogP contribution < -0.4 is 10.1 Å². The van der Waals surface area contributed by atoms with Gasteiger partial charge in [0.2, 0.25) is 6.29 Å². The molecule has 1 heterocycles. The second kappa shape index (κ2) is 10.0. The molecule has 178 valence electrons. The third-order valence-electron chi connectivity index (χ3n) is 4.96. The fourth-order valence-electron chi connectivity index (χ4n) is 3.20. The average Bonchev–Trinajstić information content (AvgIpc) is 2.80. The van der Waals surface area contributed by atoms with Gasteiger partial charge in [0.1, 0.15) is 41.7 Å². The molecule has 1 aliphatic heterocycles. The molecule has 2 aromatic carbocycles. The van der Waals surface area contributed by atoms with E-state index in [4.69, 9.17) is 9.47 Å². The van der Waals surface area contributed by atoms with Crippen LogP contribution in [0.3, 0.4) is 0 Å².